The van der Waals surface area contributed by atoms with Gasteiger partial charge in [0.25, 0.3) is 0 Å². The molecule has 0 radical (unpaired) electrons. The van der Waals surface area contributed by atoms with Crippen LogP contribution in [0.15, 0.2) is 42.6 Å². The molecule has 2 amide bonds. The Morgan fingerprint density at radius 1 is 1.32 bits per heavy atom. The van der Waals surface area contributed by atoms with Crippen LogP contribution in [0, 0.1) is 5.82 Å². The number of benzene rings is 1. The summed E-state index contributed by atoms with van der Waals surface area (Å²) in [5.74, 6) is -0.453. The minimum atomic E-state index is -0.453. The predicted octanol–water partition coefficient (Wildman–Crippen LogP) is 3.20. The molecular weight excluding hydrogens is 269 g/mol. The maximum atomic E-state index is 13.3. The molecule has 0 aliphatic heterocycles. The molecule has 98 valence electrons. The quantitative estimate of drug-likeness (QED) is 0.906. The first-order valence-electron chi connectivity index (χ1n) is 5.55. The summed E-state index contributed by atoms with van der Waals surface area (Å²) < 4.78 is 13.3. The highest BCUT2D eigenvalue weighted by Crippen LogP contribution is 2.14. The Bertz CT molecular complexity index is 592. The molecule has 0 aliphatic rings. The summed E-state index contributed by atoms with van der Waals surface area (Å²) in [6.07, 6.45) is 1.47. The maximum absolute atomic E-state index is 13.3. The van der Waals surface area contributed by atoms with Crippen LogP contribution < -0.4 is 10.6 Å². The van der Waals surface area contributed by atoms with Gasteiger partial charge in [-0.2, -0.15) is 0 Å². The summed E-state index contributed by atoms with van der Waals surface area (Å²) in [5, 5.41) is 5.62. The number of urea groups is 1. The number of hydrogen-bond acceptors (Lipinski definition) is 2. The standard InChI is InChI=1S/C13H11ClFN3O/c14-9-3-1-4-10(7-9)18-13(19)17-8-12-11(15)5-2-6-16-12/h1-7H,8H2,(H2,17,18,19). The fraction of sp³-hybridized carbons (Fsp3) is 0.0769. The van der Waals surface area contributed by atoms with Crippen molar-refractivity contribution in [3.8, 4) is 0 Å². The topological polar surface area (TPSA) is 54.0 Å². The highest BCUT2D eigenvalue weighted by molar-refractivity contribution is 6.30. The molecular formula is C13H11ClFN3O. The molecule has 19 heavy (non-hydrogen) atoms. The Morgan fingerprint density at radius 3 is 2.89 bits per heavy atom. The van der Waals surface area contributed by atoms with Gasteiger partial charge in [0.2, 0.25) is 0 Å². The van der Waals surface area contributed by atoms with Gasteiger partial charge in [0, 0.05) is 16.9 Å². The van der Waals surface area contributed by atoms with Crippen molar-refractivity contribution in [2.75, 3.05) is 5.32 Å². The van der Waals surface area contributed by atoms with Crippen LogP contribution in [0.25, 0.3) is 0 Å². The van der Waals surface area contributed by atoms with E-state index in [0.29, 0.717) is 10.7 Å². The third-order valence-electron chi connectivity index (χ3n) is 2.33. The lowest BCUT2D eigenvalue weighted by atomic mass is 10.3. The molecule has 6 heteroatoms. The first-order chi connectivity index (χ1) is 9.15. The third-order valence-corrected chi connectivity index (χ3v) is 2.57. The second-order valence-corrected chi connectivity index (χ2v) is 4.19. The first-order valence-corrected chi connectivity index (χ1v) is 5.93. The van der Waals surface area contributed by atoms with E-state index in [0.717, 1.165) is 0 Å². The second-order valence-electron chi connectivity index (χ2n) is 3.75. The Balaban J connectivity index is 1.90. The molecule has 0 saturated heterocycles. The van der Waals surface area contributed by atoms with E-state index in [2.05, 4.69) is 15.6 Å². The van der Waals surface area contributed by atoms with Crippen LogP contribution in [0.1, 0.15) is 5.69 Å². The van der Waals surface area contributed by atoms with Crippen LogP contribution in [0.3, 0.4) is 0 Å². The number of amides is 2. The van der Waals surface area contributed by atoms with Gasteiger partial charge in [-0.3, -0.25) is 4.98 Å². The van der Waals surface area contributed by atoms with Crippen LogP contribution in [0.4, 0.5) is 14.9 Å². The molecule has 0 saturated carbocycles. The second kappa shape index (κ2) is 6.15. The number of carbonyl (C=O) groups is 1. The summed E-state index contributed by atoms with van der Waals surface area (Å²) in [5.41, 5.74) is 0.746. The van der Waals surface area contributed by atoms with Gasteiger partial charge in [0.05, 0.1) is 12.2 Å². The SMILES string of the molecule is O=C(NCc1ncccc1F)Nc1cccc(Cl)c1. The van der Waals surface area contributed by atoms with Gasteiger partial charge >= 0.3 is 6.03 Å². The van der Waals surface area contributed by atoms with Gasteiger partial charge in [-0.25, -0.2) is 9.18 Å². The van der Waals surface area contributed by atoms with E-state index in [4.69, 9.17) is 11.6 Å². The molecule has 2 rings (SSSR count). The van der Waals surface area contributed by atoms with Crippen molar-refractivity contribution >= 4 is 23.3 Å². The highest BCUT2D eigenvalue weighted by atomic mass is 35.5. The molecule has 0 fully saturated rings. The molecule has 4 nitrogen and oxygen atoms in total. The van der Waals surface area contributed by atoms with E-state index in [1.807, 2.05) is 0 Å². The van der Waals surface area contributed by atoms with Crippen molar-refractivity contribution in [2.24, 2.45) is 0 Å². The van der Waals surface area contributed by atoms with Crippen LogP contribution in [-0.4, -0.2) is 11.0 Å². The first kappa shape index (κ1) is 13.3. The van der Waals surface area contributed by atoms with E-state index >= 15 is 0 Å². The smallest absolute Gasteiger partial charge is 0.319 e. The van der Waals surface area contributed by atoms with Gasteiger partial charge in [-0.1, -0.05) is 17.7 Å². The van der Waals surface area contributed by atoms with Crippen molar-refractivity contribution < 1.29 is 9.18 Å². The summed E-state index contributed by atoms with van der Waals surface area (Å²) in [6.45, 7) is 0.0130. The van der Waals surface area contributed by atoms with Gasteiger partial charge in [0.15, 0.2) is 0 Å². The summed E-state index contributed by atoms with van der Waals surface area (Å²) >= 11 is 5.79. The van der Waals surface area contributed by atoms with E-state index in [9.17, 15) is 9.18 Å². The minimum Gasteiger partial charge on any atom is -0.332 e. The van der Waals surface area contributed by atoms with Gasteiger partial charge in [-0.05, 0) is 30.3 Å². The molecule has 0 spiro atoms. The van der Waals surface area contributed by atoms with E-state index in [-0.39, 0.29) is 12.2 Å². The van der Waals surface area contributed by atoms with Gasteiger partial charge in [0.1, 0.15) is 5.82 Å². The zero-order chi connectivity index (χ0) is 13.7. The van der Waals surface area contributed by atoms with Crippen LogP contribution in [-0.2, 0) is 6.54 Å². The van der Waals surface area contributed by atoms with Crippen molar-refractivity contribution in [2.45, 2.75) is 6.54 Å². The van der Waals surface area contributed by atoms with Crippen molar-refractivity contribution in [1.29, 1.82) is 0 Å². The predicted molar refractivity (Wildman–Crippen MR) is 71.5 cm³/mol. The molecule has 0 unspecified atom stereocenters. The normalized spacial score (nSPS) is 10.0. The van der Waals surface area contributed by atoms with Gasteiger partial charge < -0.3 is 10.6 Å². The van der Waals surface area contributed by atoms with Crippen molar-refractivity contribution in [1.82, 2.24) is 10.3 Å². The molecule has 2 aromatic rings. The van der Waals surface area contributed by atoms with Crippen molar-refractivity contribution in [3.63, 3.8) is 0 Å². The fourth-order valence-electron chi connectivity index (χ4n) is 1.45. The molecule has 0 aliphatic carbocycles. The minimum absolute atomic E-state index is 0.0130. The Hall–Kier alpha value is -2.14. The fourth-order valence-corrected chi connectivity index (χ4v) is 1.64. The average Bonchev–Trinajstić information content (AvgIpc) is 2.38. The summed E-state index contributed by atoms with van der Waals surface area (Å²) in [7, 11) is 0. The number of nitrogens with zero attached hydrogens (tertiary/aromatic N) is 1. The van der Waals surface area contributed by atoms with Gasteiger partial charge in [-0.15, -0.1) is 0 Å². The number of nitrogens with one attached hydrogen (secondary N) is 2. The number of pyridine rings is 1. The van der Waals surface area contributed by atoms with E-state index in [1.54, 1.807) is 24.3 Å². The van der Waals surface area contributed by atoms with Crippen LogP contribution in [0.5, 0.6) is 0 Å². The average molecular weight is 280 g/mol. The molecule has 0 atom stereocenters. The van der Waals surface area contributed by atoms with E-state index in [1.165, 1.54) is 18.3 Å². The lowest BCUT2D eigenvalue weighted by Crippen LogP contribution is -2.28. The molecule has 2 N–H and O–H groups in total. The van der Waals surface area contributed by atoms with E-state index < -0.39 is 11.8 Å². The molecule has 1 heterocycles. The van der Waals surface area contributed by atoms with Crippen LogP contribution in [0.2, 0.25) is 5.02 Å². The lowest BCUT2D eigenvalue weighted by Gasteiger charge is -2.07. The lowest BCUT2D eigenvalue weighted by molar-refractivity contribution is 0.251. The summed E-state index contributed by atoms with van der Waals surface area (Å²) in [4.78, 5) is 15.4. The number of anilines is 1. The van der Waals surface area contributed by atoms with Crippen LogP contribution >= 0.6 is 11.6 Å². The monoisotopic (exact) mass is 279 g/mol. The zero-order valence-corrected chi connectivity index (χ0v) is 10.6. The molecule has 1 aromatic carbocycles. The number of carbonyl (C=O) groups excluding carboxylic acids is 1. The number of rotatable bonds is 3. The zero-order valence-electron chi connectivity index (χ0n) is 9.86. The number of halogens is 2. The summed E-state index contributed by atoms with van der Waals surface area (Å²) in [6, 6.07) is 9.07. The largest absolute Gasteiger partial charge is 0.332 e. The Labute approximate surface area is 114 Å². The van der Waals surface area contributed by atoms with Crippen molar-refractivity contribution in [3.05, 3.63) is 59.1 Å². The Morgan fingerprint density at radius 2 is 2.16 bits per heavy atom. The maximum Gasteiger partial charge on any atom is 0.319 e. The third kappa shape index (κ3) is 3.93. The molecule has 1 aromatic heterocycles. The Kier molecular flexibility index (Phi) is 4.30. The molecule has 0 bridgehead atoms. The number of hydrogen-bond donors (Lipinski definition) is 2. The highest BCUT2D eigenvalue weighted by Gasteiger charge is 2.05. The number of aromatic nitrogens is 1.